The molecule has 0 fully saturated rings. The summed E-state index contributed by atoms with van der Waals surface area (Å²) in [5.74, 6) is 1.88. The summed E-state index contributed by atoms with van der Waals surface area (Å²) < 4.78 is 9.77. The first-order valence-corrected chi connectivity index (χ1v) is 33.0. The van der Waals surface area contributed by atoms with Crippen LogP contribution in [0.4, 0.5) is 0 Å². The van der Waals surface area contributed by atoms with Crippen molar-refractivity contribution in [3.05, 3.63) is 315 Å². The molecule has 6 heteroatoms. The van der Waals surface area contributed by atoms with Crippen LogP contribution in [0, 0.1) is 0 Å². The van der Waals surface area contributed by atoms with Crippen molar-refractivity contribution >= 4 is 109 Å². The minimum Gasteiger partial charge on any atom is -0.309 e. The molecule has 96 heavy (non-hydrogen) atoms. The molecule has 0 amide bonds. The van der Waals surface area contributed by atoms with Gasteiger partial charge in [0.1, 0.15) is 11.6 Å². The Labute approximate surface area is 550 Å². The molecule has 0 atom stereocenters. The molecule has 0 radical (unpaired) electrons. The smallest absolute Gasteiger partial charge is 0.146 e. The van der Waals surface area contributed by atoms with Crippen LogP contribution >= 0.6 is 0 Å². The number of para-hydroxylation sites is 7. The third kappa shape index (κ3) is 7.13. The molecule has 2 aliphatic rings. The van der Waals surface area contributed by atoms with E-state index < -0.39 is 0 Å². The fourth-order valence-electron chi connectivity index (χ4n) is 16.8. The lowest BCUT2D eigenvalue weighted by Crippen LogP contribution is -2.00. The van der Waals surface area contributed by atoms with Gasteiger partial charge in [-0.15, -0.1) is 0 Å². The Morgan fingerprint density at radius 3 is 1.29 bits per heavy atom. The Morgan fingerprint density at radius 1 is 0.198 bits per heavy atom. The van der Waals surface area contributed by atoms with Crippen LogP contribution < -0.4 is 0 Å². The first-order chi connectivity index (χ1) is 47.6. The van der Waals surface area contributed by atoms with Crippen molar-refractivity contribution in [2.45, 2.75) is 0 Å². The average molecular weight is 1220 g/mol. The number of benzene rings is 14. The van der Waals surface area contributed by atoms with Crippen molar-refractivity contribution in [3.63, 3.8) is 0 Å². The Hall–Kier alpha value is -12.9. The lowest BCUT2D eigenvalue weighted by atomic mass is 9.90. The molecule has 20 aromatic rings. The summed E-state index contributed by atoms with van der Waals surface area (Å²) in [4.78, 5) is 11.2. The predicted molar refractivity (Wildman–Crippen MR) is 400 cm³/mol. The summed E-state index contributed by atoms with van der Waals surface area (Å²) in [7, 11) is 0. The quantitative estimate of drug-likeness (QED) is 0.172. The molecule has 14 aromatic carbocycles. The highest BCUT2D eigenvalue weighted by Gasteiger charge is 2.30. The summed E-state index contributed by atoms with van der Waals surface area (Å²) in [6.07, 6.45) is 0. The predicted octanol–water partition coefficient (Wildman–Crippen LogP) is 23.5. The van der Waals surface area contributed by atoms with E-state index in [4.69, 9.17) is 9.97 Å². The zero-order valence-electron chi connectivity index (χ0n) is 51.7. The second-order valence-electron chi connectivity index (χ2n) is 26.0. The van der Waals surface area contributed by atoms with E-state index in [9.17, 15) is 0 Å². The Morgan fingerprint density at radius 2 is 0.615 bits per heavy atom. The van der Waals surface area contributed by atoms with Gasteiger partial charge >= 0.3 is 0 Å². The number of aromatic nitrogens is 6. The number of hydrogen-bond donors (Lipinski definition) is 0. The number of rotatable bonds is 5. The van der Waals surface area contributed by atoms with Crippen molar-refractivity contribution < 1.29 is 0 Å². The SMILES string of the molecule is c1ccc(-n2c3cc(-c4ccc5c(c4)-c4cc6ccccc6nc4-n4c6cc(-c7cccc8c7c7ccccc7n8-c7ccccc7)ccc6c6cccc-5c64)ccc3c3ccc(-c4ccc5c(c4)c4cccc6c4n5-c4nc5ccccc5cc4-c4ccccc4-6)cc32)cc1. The van der Waals surface area contributed by atoms with Crippen molar-refractivity contribution in [2.24, 2.45) is 0 Å². The van der Waals surface area contributed by atoms with Crippen molar-refractivity contribution in [1.29, 1.82) is 0 Å². The molecule has 442 valence electrons. The molecule has 0 saturated carbocycles. The first kappa shape index (κ1) is 51.7. The summed E-state index contributed by atoms with van der Waals surface area (Å²) >= 11 is 0. The summed E-state index contributed by atoms with van der Waals surface area (Å²) in [5.41, 5.74) is 29.8. The van der Waals surface area contributed by atoms with Crippen LogP contribution in [-0.4, -0.2) is 28.2 Å². The molecule has 22 rings (SSSR count). The third-order valence-corrected chi connectivity index (χ3v) is 21.0. The number of nitrogens with zero attached hydrogens (tertiary/aromatic N) is 6. The van der Waals surface area contributed by atoms with Gasteiger partial charge in [-0.2, -0.15) is 0 Å². The van der Waals surface area contributed by atoms with Gasteiger partial charge in [-0.05, 0) is 153 Å². The zero-order chi connectivity index (χ0) is 62.4. The zero-order valence-corrected chi connectivity index (χ0v) is 51.7. The van der Waals surface area contributed by atoms with Gasteiger partial charge in [-0.1, -0.05) is 218 Å². The standard InChI is InChI=1S/C90H52N6/c1-3-20-60(21-4-1)93-80-34-14-11-26-73(80)86-62(27-17-35-82(86)93)57-39-44-68-71-30-15-29-70-65-41-36-53(46-74(65)77-49-59-19-8-13-33-79(59)92-90(77)96(87(70)71)85(68)52-57)55-37-42-66-67-43-38-56(51-84(67)94(83(66)50-55)61-22-5-2-6-23-61)54-40-45-81-75(47-54)72-31-16-28-69-63-24-9-10-25-64(63)76-48-58-18-7-12-32-78(58)91-89(76)95(81)88(69)72/h1-52H. The summed E-state index contributed by atoms with van der Waals surface area (Å²) in [5, 5.41) is 11.9. The topological polar surface area (TPSA) is 45.5 Å². The average Bonchev–Trinajstić information content (AvgIpc) is 1.56. The maximum absolute atomic E-state index is 5.71. The first-order valence-electron chi connectivity index (χ1n) is 33.0. The molecule has 6 aromatic heterocycles. The van der Waals surface area contributed by atoms with Gasteiger partial charge in [0.05, 0.1) is 55.2 Å². The second-order valence-corrected chi connectivity index (χ2v) is 26.0. The highest BCUT2D eigenvalue weighted by molar-refractivity contribution is 6.21. The van der Waals surface area contributed by atoms with Crippen molar-refractivity contribution in [2.75, 3.05) is 0 Å². The lowest BCUT2D eigenvalue weighted by Gasteiger charge is -2.15. The maximum atomic E-state index is 5.71. The molecule has 0 bridgehead atoms. The van der Waals surface area contributed by atoms with Crippen LogP contribution in [0.3, 0.4) is 0 Å². The van der Waals surface area contributed by atoms with Gasteiger partial charge in [-0.3, -0.25) is 9.13 Å². The van der Waals surface area contributed by atoms with Crippen LogP contribution in [0.1, 0.15) is 0 Å². The van der Waals surface area contributed by atoms with Gasteiger partial charge in [0, 0.05) is 87.5 Å². The summed E-state index contributed by atoms with van der Waals surface area (Å²) in [6.45, 7) is 0. The molecule has 0 aliphatic carbocycles. The lowest BCUT2D eigenvalue weighted by molar-refractivity contribution is 1.11. The van der Waals surface area contributed by atoms with E-state index in [1.165, 1.54) is 93.0 Å². The van der Waals surface area contributed by atoms with E-state index in [-0.39, 0.29) is 0 Å². The van der Waals surface area contributed by atoms with E-state index in [1.807, 2.05) is 0 Å². The van der Waals surface area contributed by atoms with Crippen LogP contribution in [0.5, 0.6) is 0 Å². The summed E-state index contributed by atoms with van der Waals surface area (Å²) in [6, 6.07) is 117. The normalized spacial score (nSPS) is 12.4. The minimum absolute atomic E-state index is 0.925. The molecule has 6 nitrogen and oxygen atoms in total. The molecular formula is C90H52N6. The van der Waals surface area contributed by atoms with Gasteiger partial charge < -0.3 is 9.13 Å². The highest BCUT2D eigenvalue weighted by atomic mass is 15.1. The van der Waals surface area contributed by atoms with Crippen LogP contribution in [0.2, 0.25) is 0 Å². The Balaban J connectivity index is 0.707. The molecule has 0 saturated heterocycles. The van der Waals surface area contributed by atoms with Crippen molar-refractivity contribution in [3.8, 4) is 101 Å². The number of hydrogen-bond acceptors (Lipinski definition) is 2. The fourth-order valence-corrected chi connectivity index (χ4v) is 16.8. The van der Waals surface area contributed by atoms with Crippen LogP contribution in [-0.2, 0) is 0 Å². The highest BCUT2D eigenvalue weighted by Crippen LogP contribution is 2.52. The van der Waals surface area contributed by atoms with E-state index in [1.54, 1.807) is 0 Å². The van der Waals surface area contributed by atoms with E-state index in [0.717, 1.165) is 117 Å². The third-order valence-electron chi connectivity index (χ3n) is 21.0. The number of fused-ring (bicyclic) bond motifs is 24. The maximum Gasteiger partial charge on any atom is 0.146 e. The fraction of sp³-hybridized carbons (Fsp3) is 0. The minimum atomic E-state index is 0.925. The molecule has 2 aliphatic heterocycles. The van der Waals surface area contributed by atoms with Gasteiger partial charge in [0.15, 0.2) is 0 Å². The molecule has 8 heterocycles. The van der Waals surface area contributed by atoms with Gasteiger partial charge in [0.2, 0.25) is 0 Å². The molecule has 0 N–H and O–H groups in total. The molecule has 0 spiro atoms. The van der Waals surface area contributed by atoms with Crippen molar-refractivity contribution in [1.82, 2.24) is 28.2 Å². The Kier molecular flexibility index (Phi) is 10.4. The number of pyridine rings is 2. The van der Waals surface area contributed by atoms with E-state index in [0.29, 0.717) is 0 Å². The van der Waals surface area contributed by atoms with Gasteiger partial charge in [-0.25, -0.2) is 9.97 Å². The van der Waals surface area contributed by atoms with Crippen LogP contribution in [0.25, 0.3) is 210 Å². The molecular weight excluding hydrogens is 1170 g/mol. The van der Waals surface area contributed by atoms with Crippen LogP contribution in [0.15, 0.2) is 315 Å². The van der Waals surface area contributed by atoms with Gasteiger partial charge in [0.25, 0.3) is 0 Å². The van der Waals surface area contributed by atoms with E-state index >= 15 is 0 Å². The monoisotopic (exact) mass is 1220 g/mol. The molecule has 0 unspecified atom stereocenters. The second kappa shape index (κ2) is 19.3. The Bertz CT molecular complexity index is 6820. The van der Waals surface area contributed by atoms with E-state index in [2.05, 4.69) is 334 Å². The largest absolute Gasteiger partial charge is 0.309 e.